The molecule has 0 saturated carbocycles. The average Bonchev–Trinajstić information content (AvgIpc) is 3.62. The minimum Gasteiger partial charge on any atom is -0.352 e. The third-order valence-corrected chi connectivity index (χ3v) is 9.15. The predicted molar refractivity (Wildman–Crippen MR) is 146 cm³/mol. The van der Waals surface area contributed by atoms with Gasteiger partial charge in [0.1, 0.15) is 17.3 Å². The lowest BCUT2D eigenvalue weighted by atomic mass is 9.64. The van der Waals surface area contributed by atoms with E-state index in [2.05, 4.69) is 0 Å². The van der Waals surface area contributed by atoms with Crippen molar-refractivity contribution in [2.75, 3.05) is 4.90 Å². The van der Waals surface area contributed by atoms with E-state index in [9.17, 15) is 18.8 Å². The molecule has 1 fully saturated rings. The number of fused-ring (bicyclic) bond motifs is 5. The van der Waals surface area contributed by atoms with Crippen LogP contribution in [0.3, 0.4) is 0 Å². The largest absolute Gasteiger partial charge is 0.352 e. The van der Waals surface area contributed by atoms with Gasteiger partial charge < -0.3 is 4.90 Å². The highest BCUT2D eigenvalue weighted by Crippen LogP contribution is 2.61. The number of rotatable bonds is 3. The number of thiophene rings is 1. The molecule has 7 rings (SSSR count). The van der Waals surface area contributed by atoms with Crippen LogP contribution in [0.25, 0.3) is 6.08 Å². The first-order valence-electron chi connectivity index (χ1n) is 12.2. The van der Waals surface area contributed by atoms with Crippen molar-refractivity contribution in [2.24, 2.45) is 5.41 Å². The third kappa shape index (κ3) is 2.99. The Labute approximate surface area is 227 Å². The highest BCUT2D eigenvalue weighted by molar-refractivity contribution is 7.12. The van der Waals surface area contributed by atoms with Gasteiger partial charge in [0.25, 0.3) is 0 Å². The van der Waals surface area contributed by atoms with E-state index < -0.39 is 29.2 Å². The Kier molecular flexibility index (Phi) is 5.09. The van der Waals surface area contributed by atoms with Crippen LogP contribution in [0.1, 0.15) is 47.4 Å². The smallest absolute Gasteiger partial charge is 0.195 e. The molecule has 0 N–H and O–H groups in total. The molecule has 3 aromatic carbocycles. The van der Waals surface area contributed by atoms with Crippen LogP contribution in [-0.2, 0) is 0 Å². The van der Waals surface area contributed by atoms with Crippen molar-refractivity contribution in [3.05, 3.63) is 128 Å². The Morgan fingerprint density at radius 1 is 0.921 bits per heavy atom. The molecule has 38 heavy (non-hydrogen) atoms. The van der Waals surface area contributed by atoms with Crippen LogP contribution in [0.4, 0.5) is 10.1 Å². The van der Waals surface area contributed by atoms with E-state index in [1.54, 1.807) is 60.7 Å². The van der Waals surface area contributed by atoms with E-state index in [1.165, 1.54) is 23.5 Å². The van der Waals surface area contributed by atoms with E-state index in [0.29, 0.717) is 26.6 Å². The molecule has 4 nitrogen and oxygen atoms in total. The molecule has 4 aromatic rings. The second-order valence-electron chi connectivity index (χ2n) is 9.80. The molecule has 3 heterocycles. The summed E-state index contributed by atoms with van der Waals surface area (Å²) in [7, 11) is 0. The van der Waals surface area contributed by atoms with Gasteiger partial charge in [0, 0.05) is 27.8 Å². The summed E-state index contributed by atoms with van der Waals surface area (Å²) in [6, 6.07) is 20.0. The fourth-order valence-electron chi connectivity index (χ4n) is 6.56. The fraction of sp³-hybridized carbons (Fsp3) is 0.129. The molecule has 7 heteroatoms. The first-order chi connectivity index (χ1) is 18.4. The summed E-state index contributed by atoms with van der Waals surface area (Å²) in [6.45, 7) is 0. The lowest BCUT2D eigenvalue weighted by molar-refractivity contribution is 0.0666. The molecule has 1 aromatic heterocycles. The van der Waals surface area contributed by atoms with Crippen molar-refractivity contribution < 1.29 is 18.8 Å². The lowest BCUT2D eigenvalue weighted by Crippen LogP contribution is -2.48. The van der Waals surface area contributed by atoms with Gasteiger partial charge in [-0.15, -0.1) is 11.3 Å². The van der Waals surface area contributed by atoms with Crippen molar-refractivity contribution in [3.63, 3.8) is 0 Å². The van der Waals surface area contributed by atoms with Gasteiger partial charge in [0.2, 0.25) is 0 Å². The number of hydrogen-bond acceptors (Lipinski definition) is 5. The van der Waals surface area contributed by atoms with Crippen molar-refractivity contribution in [1.29, 1.82) is 0 Å². The maximum absolute atomic E-state index is 14.5. The molecule has 186 valence electrons. The van der Waals surface area contributed by atoms with Gasteiger partial charge in [-0.2, -0.15) is 0 Å². The lowest BCUT2D eigenvalue weighted by Gasteiger charge is -2.37. The van der Waals surface area contributed by atoms with Crippen LogP contribution in [0.15, 0.2) is 90.3 Å². The number of hydrogen-bond donors (Lipinski definition) is 0. The topological polar surface area (TPSA) is 54.5 Å². The van der Waals surface area contributed by atoms with Gasteiger partial charge in [-0.1, -0.05) is 66.2 Å². The van der Waals surface area contributed by atoms with Crippen LogP contribution in [0.2, 0.25) is 5.02 Å². The maximum Gasteiger partial charge on any atom is 0.195 e. The molecule has 1 saturated heterocycles. The van der Waals surface area contributed by atoms with Crippen molar-refractivity contribution in [2.45, 2.75) is 18.0 Å². The minimum absolute atomic E-state index is 0.191. The molecule has 0 bridgehead atoms. The Morgan fingerprint density at radius 2 is 1.63 bits per heavy atom. The van der Waals surface area contributed by atoms with Crippen LogP contribution >= 0.6 is 22.9 Å². The zero-order chi connectivity index (χ0) is 26.2. The highest BCUT2D eigenvalue weighted by atomic mass is 35.5. The van der Waals surface area contributed by atoms with E-state index in [1.807, 2.05) is 28.5 Å². The molecule has 3 aliphatic rings. The van der Waals surface area contributed by atoms with Crippen LogP contribution in [0.5, 0.6) is 0 Å². The zero-order valence-electron chi connectivity index (χ0n) is 19.8. The molecular weight excluding hydrogens is 521 g/mol. The Hall–Kier alpha value is -3.87. The normalized spacial score (nSPS) is 22.5. The van der Waals surface area contributed by atoms with E-state index in [0.717, 1.165) is 11.3 Å². The van der Waals surface area contributed by atoms with Gasteiger partial charge in [-0.05, 0) is 52.9 Å². The number of nitrogens with zero attached hydrogens (tertiary/aromatic N) is 1. The van der Waals surface area contributed by atoms with E-state index >= 15 is 0 Å². The number of Topliss-reactive ketones (excluding diaryl/α,β-unsaturated/α-hetero) is 3. The number of benzene rings is 3. The Bertz CT molecular complexity index is 1640. The number of ketones is 3. The average molecular weight is 540 g/mol. The summed E-state index contributed by atoms with van der Waals surface area (Å²) in [6.07, 6.45) is 3.71. The summed E-state index contributed by atoms with van der Waals surface area (Å²) in [5.74, 6) is -2.12. The predicted octanol–water partition coefficient (Wildman–Crippen LogP) is 6.86. The summed E-state index contributed by atoms with van der Waals surface area (Å²) in [5, 5.41) is 2.37. The van der Waals surface area contributed by atoms with Crippen LogP contribution in [-0.4, -0.2) is 29.4 Å². The van der Waals surface area contributed by atoms with Crippen molar-refractivity contribution >= 4 is 52.1 Å². The fourth-order valence-corrected chi connectivity index (χ4v) is 7.43. The number of anilines is 1. The molecule has 2 aliphatic heterocycles. The summed E-state index contributed by atoms with van der Waals surface area (Å²) < 4.78 is 14.1. The molecule has 1 spiro atoms. The second kappa shape index (κ2) is 8.32. The molecule has 1 aliphatic carbocycles. The Morgan fingerprint density at radius 3 is 2.29 bits per heavy atom. The Balaban J connectivity index is 1.56. The van der Waals surface area contributed by atoms with Gasteiger partial charge in [-0.25, -0.2) is 4.39 Å². The molecular formula is C31H19ClFNO3S. The first kappa shape index (κ1) is 23.3. The van der Waals surface area contributed by atoms with Crippen molar-refractivity contribution in [1.82, 2.24) is 0 Å². The molecule has 0 unspecified atom stereocenters. The van der Waals surface area contributed by atoms with Crippen molar-refractivity contribution in [3.8, 4) is 0 Å². The van der Waals surface area contributed by atoms with Gasteiger partial charge in [0.15, 0.2) is 17.3 Å². The van der Waals surface area contributed by atoms with E-state index in [-0.39, 0.29) is 17.3 Å². The molecule has 0 amide bonds. The summed E-state index contributed by atoms with van der Waals surface area (Å²) in [4.78, 5) is 45.7. The SMILES string of the molecule is O=C(c1cccs1)[C@@H]1[C@H](c2ccc(F)cc2)C2(C(=O)c3ccccc3C2=O)[C@@H]2C=Cc3cc(Cl)ccc3N12. The quantitative estimate of drug-likeness (QED) is 0.211. The number of carbonyl (C=O) groups excluding carboxylic acids is 3. The van der Waals surface area contributed by atoms with Crippen LogP contribution in [0, 0.1) is 11.2 Å². The monoisotopic (exact) mass is 539 g/mol. The first-order valence-corrected chi connectivity index (χ1v) is 13.5. The zero-order valence-corrected chi connectivity index (χ0v) is 21.4. The highest BCUT2D eigenvalue weighted by Gasteiger charge is 2.71. The number of halogens is 2. The third-order valence-electron chi connectivity index (χ3n) is 8.03. The standard InChI is InChI=1S/C31H19ClFNO3S/c32-19-10-13-23-18(16-19)9-14-25-31(29(36)21-4-1-2-5-22(21)30(31)37)26(17-7-11-20(33)12-8-17)27(34(23)25)28(35)24-6-3-15-38-24/h1-16,25-27H/t25-,26-,27-/m0/s1. The number of carbonyl (C=O) groups is 3. The molecule has 0 radical (unpaired) electrons. The summed E-state index contributed by atoms with van der Waals surface area (Å²) >= 11 is 7.62. The van der Waals surface area contributed by atoms with Gasteiger partial charge in [-0.3, -0.25) is 14.4 Å². The summed E-state index contributed by atoms with van der Waals surface area (Å²) in [5.41, 5.74) is 1.18. The van der Waals surface area contributed by atoms with Gasteiger partial charge >= 0.3 is 0 Å². The minimum atomic E-state index is -1.60. The molecule has 3 atom stereocenters. The van der Waals surface area contributed by atoms with Gasteiger partial charge in [0.05, 0.1) is 10.9 Å². The van der Waals surface area contributed by atoms with Crippen LogP contribution < -0.4 is 4.90 Å². The maximum atomic E-state index is 14.5. The van der Waals surface area contributed by atoms with E-state index in [4.69, 9.17) is 11.6 Å². The second-order valence-corrected chi connectivity index (χ2v) is 11.2.